The van der Waals surface area contributed by atoms with Gasteiger partial charge in [0.2, 0.25) is 0 Å². The van der Waals surface area contributed by atoms with E-state index >= 15 is 0 Å². The van der Waals surface area contributed by atoms with Crippen LogP contribution in [0, 0.1) is 6.92 Å². The third-order valence-corrected chi connectivity index (χ3v) is 3.08. The van der Waals surface area contributed by atoms with Crippen LogP contribution in [-0.2, 0) is 6.54 Å². The van der Waals surface area contributed by atoms with E-state index in [0.717, 1.165) is 32.7 Å². The highest BCUT2D eigenvalue weighted by Crippen LogP contribution is 2.05. The Hall–Kier alpha value is -0.280. The number of rotatable bonds is 7. The smallest absolute Gasteiger partial charge is 0.0208 e. The summed E-state index contributed by atoms with van der Waals surface area (Å²) in [5.41, 5.74) is 2.78. The van der Waals surface area contributed by atoms with Crippen LogP contribution in [0.3, 0.4) is 0 Å². The summed E-state index contributed by atoms with van der Waals surface area (Å²) in [4.78, 5) is 2.44. The predicted molar refractivity (Wildman–Crippen MR) is 85.2 cm³/mol. The Morgan fingerprint density at radius 3 is 2.22 bits per heavy atom. The van der Waals surface area contributed by atoms with Gasteiger partial charge in [-0.3, -0.25) is 0 Å². The largest absolute Gasteiger partial charge is 0.311 e. The molecule has 0 atom stereocenters. The normalized spacial score (nSPS) is 9.78. The van der Waals surface area contributed by atoms with Gasteiger partial charge in [-0.25, -0.2) is 0 Å². The molecule has 1 aromatic rings. The van der Waals surface area contributed by atoms with Gasteiger partial charge in [-0.15, -0.1) is 24.8 Å². The van der Waals surface area contributed by atoms with Crippen molar-refractivity contribution in [1.82, 2.24) is 10.2 Å². The SMILES string of the molecule is CCN(CC)CCNCc1ccccc1C.Cl.Cl. The number of hydrogen-bond acceptors (Lipinski definition) is 2. The lowest BCUT2D eigenvalue weighted by Gasteiger charge is -2.18. The van der Waals surface area contributed by atoms with Crippen molar-refractivity contribution in [3.05, 3.63) is 35.4 Å². The summed E-state index contributed by atoms with van der Waals surface area (Å²) < 4.78 is 0. The van der Waals surface area contributed by atoms with Crippen molar-refractivity contribution >= 4 is 24.8 Å². The number of nitrogens with zero attached hydrogens (tertiary/aromatic N) is 1. The first-order valence-electron chi connectivity index (χ1n) is 6.25. The minimum Gasteiger partial charge on any atom is -0.311 e. The quantitative estimate of drug-likeness (QED) is 0.776. The molecule has 0 saturated heterocycles. The molecule has 2 nitrogen and oxygen atoms in total. The van der Waals surface area contributed by atoms with E-state index in [1.165, 1.54) is 11.1 Å². The van der Waals surface area contributed by atoms with E-state index in [-0.39, 0.29) is 24.8 Å². The van der Waals surface area contributed by atoms with Crippen molar-refractivity contribution in [1.29, 1.82) is 0 Å². The van der Waals surface area contributed by atoms with Crippen LogP contribution in [0.5, 0.6) is 0 Å². The minimum absolute atomic E-state index is 0. The van der Waals surface area contributed by atoms with Crippen molar-refractivity contribution in [2.75, 3.05) is 26.2 Å². The molecule has 0 aliphatic heterocycles. The second kappa shape index (κ2) is 11.8. The molecule has 0 fully saturated rings. The maximum atomic E-state index is 3.50. The molecule has 0 radical (unpaired) electrons. The number of likely N-dealkylation sites (N-methyl/N-ethyl adjacent to an activating group) is 1. The van der Waals surface area contributed by atoms with Crippen LogP contribution in [0.2, 0.25) is 0 Å². The van der Waals surface area contributed by atoms with Crippen LogP contribution in [-0.4, -0.2) is 31.1 Å². The minimum atomic E-state index is 0. The van der Waals surface area contributed by atoms with Crippen LogP contribution in [0.25, 0.3) is 0 Å². The second-order valence-corrected chi connectivity index (χ2v) is 4.13. The molecule has 4 heteroatoms. The van der Waals surface area contributed by atoms with Gasteiger partial charge in [-0.05, 0) is 31.1 Å². The average Bonchev–Trinajstić information content (AvgIpc) is 2.31. The number of nitrogens with one attached hydrogen (secondary N) is 1. The van der Waals surface area contributed by atoms with E-state index in [1.54, 1.807) is 0 Å². The maximum Gasteiger partial charge on any atom is 0.0208 e. The monoisotopic (exact) mass is 292 g/mol. The molecule has 0 amide bonds. The summed E-state index contributed by atoms with van der Waals surface area (Å²) in [6.45, 7) is 12.1. The summed E-state index contributed by atoms with van der Waals surface area (Å²) in [6, 6.07) is 8.56. The Balaban J connectivity index is 0. The first-order chi connectivity index (χ1) is 7.77. The first kappa shape index (κ1) is 20.0. The van der Waals surface area contributed by atoms with Crippen LogP contribution in [0.1, 0.15) is 25.0 Å². The van der Waals surface area contributed by atoms with Gasteiger partial charge in [0.1, 0.15) is 0 Å². The fourth-order valence-corrected chi connectivity index (χ4v) is 1.81. The van der Waals surface area contributed by atoms with Crippen LogP contribution < -0.4 is 5.32 Å². The molecule has 0 spiro atoms. The Bertz CT molecular complexity index is 302. The molecule has 106 valence electrons. The number of benzene rings is 1. The maximum absolute atomic E-state index is 3.50. The van der Waals surface area contributed by atoms with Gasteiger partial charge in [0, 0.05) is 19.6 Å². The Morgan fingerprint density at radius 2 is 1.67 bits per heavy atom. The predicted octanol–water partition coefficient (Wildman–Crippen LogP) is 3.27. The van der Waals surface area contributed by atoms with Crippen molar-refractivity contribution in [3.8, 4) is 0 Å². The molecular formula is C14H26Cl2N2. The second-order valence-electron chi connectivity index (χ2n) is 4.13. The zero-order chi connectivity index (χ0) is 11.8. The molecule has 1 N–H and O–H groups in total. The molecule has 18 heavy (non-hydrogen) atoms. The summed E-state index contributed by atoms with van der Waals surface area (Å²) in [5.74, 6) is 0. The summed E-state index contributed by atoms with van der Waals surface area (Å²) in [5, 5.41) is 3.50. The molecule has 0 aliphatic rings. The van der Waals surface area contributed by atoms with Crippen LogP contribution in [0.4, 0.5) is 0 Å². The van der Waals surface area contributed by atoms with Gasteiger partial charge in [0.15, 0.2) is 0 Å². The van der Waals surface area contributed by atoms with Gasteiger partial charge in [-0.1, -0.05) is 38.1 Å². The van der Waals surface area contributed by atoms with E-state index in [1.807, 2.05) is 0 Å². The molecule has 0 unspecified atom stereocenters. The standard InChI is InChI=1S/C14H24N2.2ClH/c1-4-16(5-2)11-10-15-12-14-9-7-6-8-13(14)3;;/h6-9,15H,4-5,10-12H2,1-3H3;2*1H. The fourth-order valence-electron chi connectivity index (χ4n) is 1.81. The Labute approximate surface area is 124 Å². The molecule has 1 aromatic carbocycles. The zero-order valence-electron chi connectivity index (χ0n) is 11.6. The van der Waals surface area contributed by atoms with Gasteiger partial charge in [0.05, 0.1) is 0 Å². The highest BCUT2D eigenvalue weighted by atomic mass is 35.5. The third kappa shape index (κ3) is 7.22. The van der Waals surface area contributed by atoms with Gasteiger partial charge in [-0.2, -0.15) is 0 Å². The lowest BCUT2D eigenvalue weighted by Crippen LogP contribution is -2.31. The van der Waals surface area contributed by atoms with E-state index in [0.29, 0.717) is 0 Å². The van der Waals surface area contributed by atoms with Crippen molar-refractivity contribution in [2.24, 2.45) is 0 Å². The lowest BCUT2D eigenvalue weighted by atomic mass is 10.1. The van der Waals surface area contributed by atoms with Crippen molar-refractivity contribution < 1.29 is 0 Å². The fraction of sp³-hybridized carbons (Fsp3) is 0.571. The third-order valence-electron chi connectivity index (χ3n) is 3.08. The van der Waals surface area contributed by atoms with Crippen molar-refractivity contribution in [2.45, 2.75) is 27.3 Å². The number of hydrogen-bond donors (Lipinski definition) is 1. The summed E-state index contributed by atoms with van der Waals surface area (Å²) in [7, 11) is 0. The van der Waals surface area contributed by atoms with Gasteiger partial charge in [0.25, 0.3) is 0 Å². The molecule has 0 bridgehead atoms. The molecule has 0 aromatic heterocycles. The van der Waals surface area contributed by atoms with Crippen molar-refractivity contribution in [3.63, 3.8) is 0 Å². The zero-order valence-corrected chi connectivity index (χ0v) is 13.2. The molecular weight excluding hydrogens is 267 g/mol. The van der Waals surface area contributed by atoms with Crippen LogP contribution >= 0.6 is 24.8 Å². The van der Waals surface area contributed by atoms with E-state index in [2.05, 4.69) is 55.3 Å². The lowest BCUT2D eigenvalue weighted by molar-refractivity contribution is 0.302. The molecule has 0 saturated carbocycles. The number of aryl methyl sites for hydroxylation is 1. The average molecular weight is 293 g/mol. The summed E-state index contributed by atoms with van der Waals surface area (Å²) >= 11 is 0. The first-order valence-corrected chi connectivity index (χ1v) is 6.25. The molecule has 0 heterocycles. The molecule has 1 rings (SSSR count). The van der Waals surface area contributed by atoms with Crippen LogP contribution in [0.15, 0.2) is 24.3 Å². The summed E-state index contributed by atoms with van der Waals surface area (Å²) in [6.07, 6.45) is 0. The topological polar surface area (TPSA) is 15.3 Å². The Morgan fingerprint density at radius 1 is 1.06 bits per heavy atom. The van der Waals surface area contributed by atoms with E-state index in [9.17, 15) is 0 Å². The highest BCUT2D eigenvalue weighted by molar-refractivity contribution is 5.85. The Kier molecular flexibility index (Phi) is 13.1. The number of halogens is 2. The molecule has 0 aliphatic carbocycles. The van der Waals surface area contributed by atoms with E-state index in [4.69, 9.17) is 0 Å². The van der Waals surface area contributed by atoms with E-state index < -0.39 is 0 Å². The van der Waals surface area contributed by atoms with Gasteiger partial charge < -0.3 is 10.2 Å². The highest BCUT2D eigenvalue weighted by Gasteiger charge is 1.99. The van der Waals surface area contributed by atoms with Gasteiger partial charge >= 0.3 is 0 Å².